The second-order valence-electron chi connectivity index (χ2n) is 4.63. The zero-order chi connectivity index (χ0) is 13.8. The quantitative estimate of drug-likeness (QED) is 0.683. The van der Waals surface area contributed by atoms with Gasteiger partial charge in [0.15, 0.2) is 6.29 Å². The molecule has 0 N–H and O–H groups in total. The van der Waals surface area contributed by atoms with E-state index in [4.69, 9.17) is 0 Å². The molecule has 1 nitrogen and oxygen atoms in total. The van der Waals surface area contributed by atoms with Crippen LogP contribution >= 0.6 is 27.7 Å². The molecular formula is C16H15BrOS. The van der Waals surface area contributed by atoms with Crippen LogP contribution in [0.15, 0.2) is 56.7 Å². The van der Waals surface area contributed by atoms with E-state index in [-0.39, 0.29) is 0 Å². The van der Waals surface area contributed by atoms with Gasteiger partial charge in [-0.25, -0.2) is 0 Å². The number of carbonyl (C=O) groups is 1. The zero-order valence-electron chi connectivity index (χ0n) is 10.9. The number of aldehydes is 1. The Kier molecular flexibility index (Phi) is 4.83. The molecule has 98 valence electrons. The van der Waals surface area contributed by atoms with Gasteiger partial charge >= 0.3 is 0 Å². The zero-order valence-corrected chi connectivity index (χ0v) is 13.3. The number of carbonyl (C=O) groups excluding carboxylic acids is 1. The maximum absolute atomic E-state index is 10.8. The lowest BCUT2D eigenvalue weighted by Gasteiger charge is -2.07. The Hall–Kier alpha value is -1.06. The van der Waals surface area contributed by atoms with Gasteiger partial charge in [0.1, 0.15) is 0 Å². The average molecular weight is 335 g/mol. The first-order valence-corrected chi connectivity index (χ1v) is 7.73. The lowest BCUT2D eigenvalue weighted by atomic mass is 10.0. The molecule has 0 fully saturated rings. The summed E-state index contributed by atoms with van der Waals surface area (Å²) in [4.78, 5) is 13.1. The Morgan fingerprint density at radius 1 is 1.05 bits per heavy atom. The highest BCUT2D eigenvalue weighted by atomic mass is 79.9. The SMILES string of the molecule is CC(C)c1ccc(Sc2ccc(C=O)c(Br)c2)cc1. The second-order valence-corrected chi connectivity index (χ2v) is 6.63. The van der Waals surface area contributed by atoms with Crippen molar-refractivity contribution >= 4 is 34.0 Å². The molecule has 0 unspecified atom stereocenters. The van der Waals surface area contributed by atoms with Gasteiger partial charge in [0, 0.05) is 19.8 Å². The lowest BCUT2D eigenvalue weighted by molar-refractivity contribution is 0.112. The monoisotopic (exact) mass is 334 g/mol. The molecule has 0 aliphatic rings. The van der Waals surface area contributed by atoms with Gasteiger partial charge in [0.05, 0.1) is 0 Å². The van der Waals surface area contributed by atoms with Crippen molar-refractivity contribution in [3.8, 4) is 0 Å². The van der Waals surface area contributed by atoms with E-state index < -0.39 is 0 Å². The summed E-state index contributed by atoms with van der Waals surface area (Å²) >= 11 is 5.10. The van der Waals surface area contributed by atoms with Crippen LogP contribution in [0.25, 0.3) is 0 Å². The summed E-state index contributed by atoms with van der Waals surface area (Å²) in [5.74, 6) is 0.556. The summed E-state index contributed by atoms with van der Waals surface area (Å²) in [6, 6.07) is 14.4. The molecule has 0 amide bonds. The van der Waals surface area contributed by atoms with Crippen molar-refractivity contribution in [2.75, 3.05) is 0 Å². The molecule has 3 heteroatoms. The first-order chi connectivity index (χ1) is 9.10. The molecule has 2 aromatic carbocycles. The Morgan fingerprint density at radius 2 is 1.68 bits per heavy atom. The number of halogens is 1. The van der Waals surface area contributed by atoms with E-state index in [1.807, 2.05) is 18.2 Å². The summed E-state index contributed by atoms with van der Waals surface area (Å²) in [5, 5.41) is 0. The summed E-state index contributed by atoms with van der Waals surface area (Å²) in [7, 11) is 0. The minimum atomic E-state index is 0.556. The molecule has 2 rings (SSSR count). The van der Waals surface area contributed by atoms with Crippen molar-refractivity contribution in [2.45, 2.75) is 29.6 Å². The minimum Gasteiger partial charge on any atom is -0.298 e. The van der Waals surface area contributed by atoms with Gasteiger partial charge in [-0.2, -0.15) is 0 Å². The Bertz CT molecular complexity index is 576. The molecule has 0 saturated carbocycles. The summed E-state index contributed by atoms with van der Waals surface area (Å²) in [6.07, 6.45) is 0.857. The fourth-order valence-electron chi connectivity index (χ4n) is 1.72. The molecular weight excluding hydrogens is 320 g/mol. The third-order valence-electron chi connectivity index (χ3n) is 2.88. The van der Waals surface area contributed by atoms with E-state index in [9.17, 15) is 4.79 Å². The van der Waals surface area contributed by atoms with Crippen LogP contribution in [-0.4, -0.2) is 6.29 Å². The van der Waals surface area contributed by atoms with Crippen LogP contribution in [0.3, 0.4) is 0 Å². The standard InChI is InChI=1S/C16H15BrOS/c1-11(2)12-3-6-14(7-4-12)19-15-8-5-13(10-18)16(17)9-15/h3-11H,1-2H3. The van der Waals surface area contributed by atoms with Crippen LogP contribution in [-0.2, 0) is 0 Å². The molecule has 0 aliphatic heterocycles. The molecule has 0 aliphatic carbocycles. The fraction of sp³-hybridized carbons (Fsp3) is 0.188. The normalized spacial score (nSPS) is 10.7. The number of hydrogen-bond donors (Lipinski definition) is 0. The third kappa shape index (κ3) is 3.71. The first kappa shape index (κ1) is 14.4. The van der Waals surface area contributed by atoms with Gasteiger partial charge in [-0.15, -0.1) is 0 Å². The second kappa shape index (κ2) is 6.40. The van der Waals surface area contributed by atoms with Gasteiger partial charge in [0.25, 0.3) is 0 Å². The first-order valence-electron chi connectivity index (χ1n) is 6.12. The van der Waals surface area contributed by atoms with Crippen molar-refractivity contribution in [1.82, 2.24) is 0 Å². The average Bonchev–Trinajstić information content (AvgIpc) is 2.39. The predicted molar refractivity (Wildman–Crippen MR) is 84.2 cm³/mol. The number of hydrogen-bond acceptors (Lipinski definition) is 2. The molecule has 0 saturated heterocycles. The fourth-order valence-corrected chi connectivity index (χ4v) is 3.20. The van der Waals surface area contributed by atoms with E-state index in [1.54, 1.807) is 11.8 Å². The third-order valence-corrected chi connectivity index (χ3v) is 4.57. The summed E-state index contributed by atoms with van der Waals surface area (Å²) < 4.78 is 0.839. The Balaban J connectivity index is 2.16. The van der Waals surface area contributed by atoms with Crippen LogP contribution < -0.4 is 0 Å². The van der Waals surface area contributed by atoms with Gasteiger partial charge in [0.2, 0.25) is 0 Å². The smallest absolute Gasteiger partial charge is 0.151 e. The Morgan fingerprint density at radius 3 is 2.21 bits per heavy atom. The van der Waals surface area contributed by atoms with E-state index >= 15 is 0 Å². The van der Waals surface area contributed by atoms with Crippen LogP contribution in [0, 0.1) is 0 Å². The highest BCUT2D eigenvalue weighted by molar-refractivity contribution is 9.10. The molecule has 19 heavy (non-hydrogen) atoms. The van der Waals surface area contributed by atoms with E-state index in [2.05, 4.69) is 54.0 Å². The van der Waals surface area contributed by atoms with Gasteiger partial charge in [-0.1, -0.05) is 53.7 Å². The van der Waals surface area contributed by atoms with Gasteiger partial charge < -0.3 is 0 Å². The maximum Gasteiger partial charge on any atom is 0.151 e. The molecule has 0 bridgehead atoms. The van der Waals surface area contributed by atoms with Crippen LogP contribution in [0.4, 0.5) is 0 Å². The van der Waals surface area contributed by atoms with Crippen LogP contribution in [0.5, 0.6) is 0 Å². The maximum atomic E-state index is 10.8. The molecule has 0 heterocycles. The minimum absolute atomic E-state index is 0.556. The van der Waals surface area contributed by atoms with Crippen LogP contribution in [0.1, 0.15) is 35.7 Å². The summed E-state index contributed by atoms with van der Waals surface area (Å²) in [5.41, 5.74) is 2.03. The van der Waals surface area contributed by atoms with Gasteiger partial charge in [-0.3, -0.25) is 4.79 Å². The molecule has 0 aromatic heterocycles. The molecule has 0 radical (unpaired) electrons. The highest BCUT2D eigenvalue weighted by Crippen LogP contribution is 2.31. The summed E-state index contributed by atoms with van der Waals surface area (Å²) in [6.45, 7) is 4.38. The van der Waals surface area contributed by atoms with Crippen molar-refractivity contribution in [3.05, 3.63) is 58.1 Å². The lowest BCUT2D eigenvalue weighted by Crippen LogP contribution is -1.86. The molecule has 0 spiro atoms. The highest BCUT2D eigenvalue weighted by Gasteiger charge is 2.03. The molecule has 2 aromatic rings. The van der Waals surface area contributed by atoms with E-state index in [0.29, 0.717) is 11.5 Å². The predicted octanol–water partition coefficient (Wildman–Crippen LogP) is 5.54. The van der Waals surface area contributed by atoms with Crippen LogP contribution in [0.2, 0.25) is 0 Å². The topological polar surface area (TPSA) is 17.1 Å². The van der Waals surface area contributed by atoms with Crippen molar-refractivity contribution in [2.24, 2.45) is 0 Å². The van der Waals surface area contributed by atoms with Crippen molar-refractivity contribution in [1.29, 1.82) is 0 Å². The van der Waals surface area contributed by atoms with Gasteiger partial charge in [-0.05, 0) is 41.8 Å². The molecule has 0 atom stereocenters. The number of benzene rings is 2. The van der Waals surface area contributed by atoms with E-state index in [1.165, 1.54) is 10.5 Å². The van der Waals surface area contributed by atoms with Crippen molar-refractivity contribution in [3.63, 3.8) is 0 Å². The Labute approximate surface area is 126 Å². The van der Waals surface area contributed by atoms with Crippen molar-refractivity contribution < 1.29 is 4.79 Å². The number of rotatable bonds is 4. The van der Waals surface area contributed by atoms with E-state index in [0.717, 1.165) is 15.7 Å². The largest absolute Gasteiger partial charge is 0.298 e.